The molecule has 96 valence electrons. The van der Waals surface area contributed by atoms with Crippen LogP contribution in [0, 0.1) is 0 Å². The maximum atomic E-state index is 6.00. The highest BCUT2D eigenvalue weighted by atomic mass is 16.4. The van der Waals surface area contributed by atoms with E-state index < -0.39 is 0 Å². The molecule has 0 unspecified atom stereocenters. The number of furan rings is 2. The summed E-state index contributed by atoms with van der Waals surface area (Å²) in [4.78, 5) is 0. The molecular formula is C17H11NO2. The third-order valence-corrected chi connectivity index (χ3v) is 4.02. The first-order valence-corrected chi connectivity index (χ1v) is 6.62. The van der Waals surface area contributed by atoms with Crippen LogP contribution in [0.4, 0.5) is 0 Å². The molecular weight excluding hydrogens is 250 g/mol. The second-order valence-corrected chi connectivity index (χ2v) is 5.11. The molecule has 0 saturated carbocycles. The molecule has 0 aliphatic carbocycles. The van der Waals surface area contributed by atoms with Gasteiger partial charge >= 0.3 is 0 Å². The van der Waals surface area contributed by atoms with Crippen LogP contribution in [0.2, 0.25) is 0 Å². The summed E-state index contributed by atoms with van der Waals surface area (Å²) in [6.07, 6.45) is 0. The normalized spacial score (nSPS) is 12.2. The van der Waals surface area contributed by atoms with Gasteiger partial charge in [-0.05, 0) is 24.3 Å². The van der Waals surface area contributed by atoms with Crippen molar-refractivity contribution in [2.24, 2.45) is 7.05 Å². The van der Waals surface area contributed by atoms with Gasteiger partial charge in [-0.1, -0.05) is 24.3 Å². The lowest BCUT2D eigenvalue weighted by molar-refractivity contribution is 0.634. The third-order valence-electron chi connectivity index (χ3n) is 4.02. The first kappa shape index (κ1) is 10.1. The summed E-state index contributed by atoms with van der Waals surface area (Å²) in [5, 5.41) is 2.25. The minimum absolute atomic E-state index is 0.833. The van der Waals surface area contributed by atoms with Gasteiger partial charge in [0, 0.05) is 17.8 Å². The fourth-order valence-electron chi connectivity index (χ4n) is 3.15. The molecule has 0 radical (unpaired) electrons. The van der Waals surface area contributed by atoms with Gasteiger partial charge in [0.25, 0.3) is 0 Å². The molecule has 0 amide bonds. The summed E-state index contributed by atoms with van der Waals surface area (Å²) in [7, 11) is 2.06. The Morgan fingerprint density at radius 2 is 1.15 bits per heavy atom. The van der Waals surface area contributed by atoms with Crippen LogP contribution in [0.25, 0.3) is 44.1 Å². The lowest BCUT2D eigenvalue weighted by Gasteiger charge is -1.96. The van der Waals surface area contributed by atoms with Crippen molar-refractivity contribution in [2.75, 3.05) is 0 Å². The van der Waals surface area contributed by atoms with Crippen LogP contribution in [0.3, 0.4) is 0 Å². The molecule has 0 N–H and O–H groups in total. The SMILES string of the molecule is Cn1c2c3ccccc3oc2c2oc3ccccc3c21. The van der Waals surface area contributed by atoms with Gasteiger partial charge in [-0.2, -0.15) is 0 Å². The van der Waals surface area contributed by atoms with Crippen LogP contribution >= 0.6 is 0 Å². The maximum Gasteiger partial charge on any atom is 0.196 e. The maximum absolute atomic E-state index is 6.00. The van der Waals surface area contributed by atoms with Crippen LogP contribution in [-0.4, -0.2) is 4.57 Å². The molecule has 20 heavy (non-hydrogen) atoms. The molecule has 3 nitrogen and oxygen atoms in total. The second-order valence-electron chi connectivity index (χ2n) is 5.11. The van der Waals surface area contributed by atoms with E-state index >= 15 is 0 Å². The number of para-hydroxylation sites is 2. The number of hydrogen-bond acceptors (Lipinski definition) is 2. The molecule has 3 aromatic heterocycles. The average Bonchev–Trinajstić information content (AvgIpc) is 3.10. The van der Waals surface area contributed by atoms with Crippen LogP contribution in [0.15, 0.2) is 57.4 Å². The fraction of sp³-hybridized carbons (Fsp3) is 0.0588. The smallest absolute Gasteiger partial charge is 0.196 e. The molecule has 3 heteroatoms. The van der Waals surface area contributed by atoms with E-state index in [-0.39, 0.29) is 0 Å². The predicted octanol–water partition coefficient (Wildman–Crippen LogP) is 4.82. The Labute approximate surface area is 114 Å². The van der Waals surface area contributed by atoms with Crippen LogP contribution in [0.5, 0.6) is 0 Å². The number of aryl methyl sites for hydroxylation is 1. The highest BCUT2D eigenvalue weighted by Crippen LogP contribution is 2.40. The van der Waals surface area contributed by atoms with Crippen molar-refractivity contribution < 1.29 is 8.83 Å². The van der Waals surface area contributed by atoms with Crippen LogP contribution in [-0.2, 0) is 7.05 Å². The first-order chi connectivity index (χ1) is 9.84. The van der Waals surface area contributed by atoms with E-state index in [4.69, 9.17) is 8.83 Å². The number of benzene rings is 2. The molecule has 5 aromatic rings. The first-order valence-electron chi connectivity index (χ1n) is 6.62. The van der Waals surface area contributed by atoms with Crippen molar-refractivity contribution >= 4 is 44.1 Å². The monoisotopic (exact) mass is 261 g/mol. The van der Waals surface area contributed by atoms with E-state index in [9.17, 15) is 0 Å². The zero-order valence-electron chi connectivity index (χ0n) is 10.9. The largest absolute Gasteiger partial charge is 0.450 e. The molecule has 3 heterocycles. The van der Waals surface area contributed by atoms with Crippen molar-refractivity contribution in [1.29, 1.82) is 0 Å². The lowest BCUT2D eigenvalue weighted by atomic mass is 10.2. The zero-order valence-corrected chi connectivity index (χ0v) is 10.9. The molecule has 0 bridgehead atoms. The van der Waals surface area contributed by atoms with Gasteiger partial charge in [0.1, 0.15) is 11.2 Å². The molecule has 0 atom stereocenters. The van der Waals surface area contributed by atoms with Gasteiger partial charge in [-0.15, -0.1) is 0 Å². The Kier molecular flexibility index (Phi) is 1.65. The van der Waals surface area contributed by atoms with Crippen LogP contribution < -0.4 is 0 Å². The summed E-state index contributed by atoms with van der Waals surface area (Å²) in [6, 6.07) is 16.2. The van der Waals surface area contributed by atoms with Gasteiger partial charge in [0.2, 0.25) is 0 Å². The standard InChI is InChI=1S/C17H11NO2/c1-18-14-10-6-2-4-8-12(10)19-16(14)17-15(18)11-7-3-5-9-13(11)20-17/h2-9H,1H3. The van der Waals surface area contributed by atoms with Gasteiger partial charge in [-0.25, -0.2) is 0 Å². The molecule has 0 saturated heterocycles. The van der Waals surface area contributed by atoms with Crippen molar-refractivity contribution in [3.8, 4) is 0 Å². The predicted molar refractivity (Wildman–Crippen MR) is 80.0 cm³/mol. The summed E-state index contributed by atoms with van der Waals surface area (Å²) in [5.41, 5.74) is 5.66. The molecule has 0 spiro atoms. The second kappa shape index (κ2) is 3.25. The zero-order chi connectivity index (χ0) is 13.3. The van der Waals surface area contributed by atoms with Gasteiger partial charge in [-0.3, -0.25) is 0 Å². The molecule has 0 aliphatic rings. The summed E-state index contributed by atoms with van der Waals surface area (Å²) in [5.74, 6) is 0. The van der Waals surface area contributed by atoms with Gasteiger partial charge in [0.15, 0.2) is 11.2 Å². The van der Waals surface area contributed by atoms with Crippen molar-refractivity contribution in [1.82, 2.24) is 4.57 Å². The van der Waals surface area contributed by atoms with Crippen LogP contribution in [0.1, 0.15) is 0 Å². The number of fused-ring (bicyclic) bond motifs is 7. The van der Waals surface area contributed by atoms with E-state index in [0.29, 0.717) is 0 Å². The minimum atomic E-state index is 0.833. The quantitative estimate of drug-likeness (QED) is 0.400. The lowest BCUT2D eigenvalue weighted by Crippen LogP contribution is -1.85. The Bertz CT molecular complexity index is 1020. The summed E-state index contributed by atoms with van der Waals surface area (Å²) < 4.78 is 14.2. The number of hydrogen-bond donors (Lipinski definition) is 0. The number of aromatic nitrogens is 1. The topological polar surface area (TPSA) is 31.2 Å². The molecule has 5 rings (SSSR count). The summed E-state index contributed by atoms with van der Waals surface area (Å²) in [6.45, 7) is 0. The Morgan fingerprint density at radius 3 is 1.65 bits per heavy atom. The van der Waals surface area contributed by atoms with Gasteiger partial charge in [0.05, 0.1) is 11.0 Å². The van der Waals surface area contributed by atoms with E-state index in [2.05, 4.69) is 23.7 Å². The molecule has 2 aromatic carbocycles. The van der Waals surface area contributed by atoms with E-state index in [0.717, 1.165) is 44.1 Å². The van der Waals surface area contributed by atoms with Crippen molar-refractivity contribution in [2.45, 2.75) is 0 Å². The molecule has 0 fully saturated rings. The van der Waals surface area contributed by atoms with E-state index in [1.165, 1.54) is 0 Å². The highest BCUT2D eigenvalue weighted by molar-refractivity contribution is 6.19. The Hall–Kier alpha value is -2.68. The van der Waals surface area contributed by atoms with Crippen molar-refractivity contribution in [3.63, 3.8) is 0 Å². The Morgan fingerprint density at radius 1 is 0.700 bits per heavy atom. The summed E-state index contributed by atoms with van der Waals surface area (Å²) >= 11 is 0. The van der Waals surface area contributed by atoms with E-state index in [1.54, 1.807) is 0 Å². The molecule has 0 aliphatic heterocycles. The number of rotatable bonds is 0. The van der Waals surface area contributed by atoms with Crippen molar-refractivity contribution in [3.05, 3.63) is 48.5 Å². The Balaban J connectivity index is 2.15. The highest BCUT2D eigenvalue weighted by Gasteiger charge is 2.21. The van der Waals surface area contributed by atoms with Gasteiger partial charge < -0.3 is 13.4 Å². The average molecular weight is 261 g/mol. The minimum Gasteiger partial charge on any atom is -0.450 e. The fourth-order valence-corrected chi connectivity index (χ4v) is 3.15. The third kappa shape index (κ3) is 1.03. The van der Waals surface area contributed by atoms with E-state index in [1.807, 2.05) is 36.4 Å². The number of nitrogens with zero attached hydrogens (tertiary/aromatic N) is 1.